The lowest BCUT2D eigenvalue weighted by Crippen LogP contribution is -2.18. The largest absolute Gasteiger partial charge is 0.392 e. The monoisotopic (exact) mass is 348 g/mol. The lowest BCUT2D eigenvalue weighted by atomic mass is 9.89. The van der Waals surface area contributed by atoms with Crippen LogP contribution in [0.5, 0.6) is 0 Å². The molecule has 25 heavy (non-hydrogen) atoms. The van der Waals surface area contributed by atoms with Crippen molar-refractivity contribution in [3.63, 3.8) is 0 Å². The summed E-state index contributed by atoms with van der Waals surface area (Å²) in [5.41, 5.74) is 1.06. The third-order valence-corrected chi connectivity index (χ3v) is 5.02. The second-order valence-electron chi connectivity index (χ2n) is 7.37. The van der Waals surface area contributed by atoms with Crippen LogP contribution in [0.3, 0.4) is 0 Å². The molecule has 142 valence electrons. The lowest BCUT2D eigenvalue weighted by Gasteiger charge is -2.18. The predicted octanol–water partition coefficient (Wildman–Crippen LogP) is 4.74. The van der Waals surface area contributed by atoms with E-state index in [1.807, 2.05) is 12.2 Å². The van der Waals surface area contributed by atoms with E-state index < -0.39 is 6.10 Å². The summed E-state index contributed by atoms with van der Waals surface area (Å²) >= 11 is 0. The molecule has 1 fully saturated rings. The molecule has 0 aromatic heterocycles. The Morgan fingerprint density at radius 2 is 2.08 bits per heavy atom. The summed E-state index contributed by atoms with van der Waals surface area (Å²) in [5, 5.41) is 20.4. The highest BCUT2D eigenvalue weighted by Crippen LogP contribution is 2.39. The minimum Gasteiger partial charge on any atom is -0.392 e. The molecule has 0 bridgehead atoms. The number of carbonyl (C=O) groups excluding carboxylic acids is 1. The van der Waals surface area contributed by atoms with Gasteiger partial charge in [-0.1, -0.05) is 62.6 Å². The first-order valence-electron chi connectivity index (χ1n) is 9.82. The molecule has 3 heteroatoms. The average Bonchev–Trinajstić information content (AvgIpc) is 2.82. The Morgan fingerprint density at radius 3 is 2.76 bits per heavy atom. The normalized spacial score (nSPS) is 25.3. The van der Waals surface area contributed by atoms with E-state index in [-0.39, 0.29) is 23.7 Å². The van der Waals surface area contributed by atoms with Gasteiger partial charge in [-0.05, 0) is 44.9 Å². The molecule has 4 atom stereocenters. The molecule has 0 aromatic carbocycles. The van der Waals surface area contributed by atoms with E-state index in [4.69, 9.17) is 0 Å². The standard InChI is InChI=1S/C22H36O3/c1-4-5-8-12-19(24)14-15-20-17(2)16-22(25)21(20)13-10-7-6-9-11-18(3)23/h7,10,14-15,19-22,24-25H,2,4-6,8-9,11-13,16H2,1,3H3/b10-7-,15-14+/t19-,20?,21+,22-/m0/s1. The Bertz CT molecular complexity index is 464. The van der Waals surface area contributed by atoms with Crippen LogP contribution in [0.1, 0.15) is 71.6 Å². The quantitative estimate of drug-likeness (QED) is 0.395. The minimum atomic E-state index is -0.403. The van der Waals surface area contributed by atoms with Crippen LogP contribution in [-0.4, -0.2) is 28.2 Å². The molecular weight excluding hydrogens is 312 g/mol. The molecule has 1 rings (SSSR count). The number of aliphatic hydroxyl groups excluding tert-OH is 2. The summed E-state index contributed by atoms with van der Waals surface area (Å²) in [6.45, 7) is 7.89. The molecule has 0 spiro atoms. The van der Waals surface area contributed by atoms with Gasteiger partial charge in [0.2, 0.25) is 0 Å². The number of hydrogen-bond acceptors (Lipinski definition) is 3. The van der Waals surface area contributed by atoms with Crippen molar-refractivity contribution in [3.8, 4) is 0 Å². The van der Waals surface area contributed by atoms with E-state index in [2.05, 4.69) is 25.7 Å². The molecule has 2 N–H and O–H groups in total. The van der Waals surface area contributed by atoms with Gasteiger partial charge in [-0.15, -0.1) is 0 Å². The molecule has 0 saturated heterocycles. The number of ketones is 1. The molecule has 1 saturated carbocycles. The van der Waals surface area contributed by atoms with E-state index >= 15 is 0 Å². The van der Waals surface area contributed by atoms with Gasteiger partial charge in [0.25, 0.3) is 0 Å². The number of hydrogen-bond donors (Lipinski definition) is 2. The molecule has 0 aromatic rings. The first-order chi connectivity index (χ1) is 12.0. The molecule has 1 unspecified atom stereocenters. The van der Waals surface area contributed by atoms with Gasteiger partial charge < -0.3 is 15.0 Å². The molecule has 0 heterocycles. The third-order valence-electron chi connectivity index (χ3n) is 5.02. The van der Waals surface area contributed by atoms with Crippen LogP contribution in [-0.2, 0) is 4.79 Å². The summed E-state index contributed by atoms with van der Waals surface area (Å²) in [4.78, 5) is 10.9. The number of Topliss-reactive ketones (excluding diaryl/α,β-unsaturated/α-hetero) is 1. The number of rotatable bonds is 12. The van der Waals surface area contributed by atoms with Gasteiger partial charge in [0, 0.05) is 12.3 Å². The molecular formula is C22H36O3. The second-order valence-corrected chi connectivity index (χ2v) is 7.37. The topological polar surface area (TPSA) is 57.5 Å². The van der Waals surface area contributed by atoms with Crippen LogP contribution in [0.2, 0.25) is 0 Å². The zero-order valence-corrected chi connectivity index (χ0v) is 16.0. The van der Waals surface area contributed by atoms with E-state index in [9.17, 15) is 15.0 Å². The maximum absolute atomic E-state index is 10.9. The van der Waals surface area contributed by atoms with Gasteiger partial charge in [-0.3, -0.25) is 0 Å². The first kappa shape index (κ1) is 21.9. The van der Waals surface area contributed by atoms with Crippen molar-refractivity contribution in [1.82, 2.24) is 0 Å². The Balaban J connectivity index is 2.48. The van der Waals surface area contributed by atoms with Gasteiger partial charge in [-0.2, -0.15) is 0 Å². The SMILES string of the molecule is C=C1C[C@H](O)[C@H](C/C=C\CCCC(C)=O)C1/C=C/[C@@H](O)CCCCC. The van der Waals surface area contributed by atoms with Crippen molar-refractivity contribution >= 4 is 5.78 Å². The van der Waals surface area contributed by atoms with E-state index in [0.29, 0.717) is 12.8 Å². The fraction of sp³-hybridized carbons (Fsp3) is 0.682. The fourth-order valence-corrected chi connectivity index (χ4v) is 3.47. The number of aliphatic hydroxyl groups is 2. The van der Waals surface area contributed by atoms with Crippen LogP contribution >= 0.6 is 0 Å². The van der Waals surface area contributed by atoms with Crippen molar-refractivity contribution in [2.24, 2.45) is 11.8 Å². The maximum Gasteiger partial charge on any atom is 0.129 e. The van der Waals surface area contributed by atoms with Gasteiger partial charge in [0.15, 0.2) is 0 Å². The van der Waals surface area contributed by atoms with Crippen LogP contribution in [0.25, 0.3) is 0 Å². The minimum absolute atomic E-state index is 0.135. The Hall–Kier alpha value is -1.19. The summed E-state index contributed by atoms with van der Waals surface area (Å²) in [7, 11) is 0. The highest BCUT2D eigenvalue weighted by atomic mass is 16.3. The first-order valence-corrected chi connectivity index (χ1v) is 9.82. The Kier molecular flexibility index (Phi) is 10.7. The smallest absolute Gasteiger partial charge is 0.129 e. The van der Waals surface area contributed by atoms with Gasteiger partial charge in [0.05, 0.1) is 12.2 Å². The van der Waals surface area contributed by atoms with E-state index in [1.165, 1.54) is 0 Å². The molecule has 1 aliphatic carbocycles. The zero-order chi connectivity index (χ0) is 18.7. The van der Waals surface area contributed by atoms with E-state index in [0.717, 1.165) is 50.5 Å². The van der Waals surface area contributed by atoms with Crippen LogP contribution < -0.4 is 0 Å². The summed E-state index contributed by atoms with van der Waals surface area (Å²) in [5.74, 6) is 0.506. The molecule has 1 aliphatic rings. The van der Waals surface area contributed by atoms with Gasteiger partial charge >= 0.3 is 0 Å². The van der Waals surface area contributed by atoms with E-state index in [1.54, 1.807) is 6.92 Å². The van der Waals surface area contributed by atoms with Crippen molar-refractivity contribution in [1.29, 1.82) is 0 Å². The maximum atomic E-state index is 10.9. The predicted molar refractivity (Wildman–Crippen MR) is 104 cm³/mol. The van der Waals surface area contributed by atoms with Crippen molar-refractivity contribution in [2.45, 2.75) is 83.8 Å². The van der Waals surface area contributed by atoms with Crippen LogP contribution in [0, 0.1) is 11.8 Å². The molecule has 3 nitrogen and oxygen atoms in total. The third kappa shape index (κ3) is 8.64. The van der Waals surface area contributed by atoms with Crippen LogP contribution in [0.4, 0.5) is 0 Å². The number of unbranched alkanes of at least 4 members (excludes halogenated alkanes) is 3. The average molecular weight is 349 g/mol. The highest BCUT2D eigenvalue weighted by molar-refractivity contribution is 5.75. The van der Waals surface area contributed by atoms with Crippen molar-refractivity contribution < 1.29 is 15.0 Å². The fourth-order valence-electron chi connectivity index (χ4n) is 3.47. The Labute approximate surface area is 153 Å². The molecule has 0 aliphatic heterocycles. The van der Waals surface area contributed by atoms with Gasteiger partial charge in [-0.25, -0.2) is 0 Å². The summed E-state index contributed by atoms with van der Waals surface area (Å²) in [6, 6.07) is 0. The van der Waals surface area contributed by atoms with Crippen molar-refractivity contribution in [2.75, 3.05) is 0 Å². The zero-order valence-electron chi connectivity index (χ0n) is 16.0. The number of allylic oxidation sites excluding steroid dienone is 3. The highest BCUT2D eigenvalue weighted by Gasteiger charge is 2.35. The molecule has 0 amide bonds. The van der Waals surface area contributed by atoms with Gasteiger partial charge in [0.1, 0.15) is 5.78 Å². The van der Waals surface area contributed by atoms with Crippen molar-refractivity contribution in [3.05, 3.63) is 36.5 Å². The van der Waals surface area contributed by atoms with Crippen LogP contribution in [0.15, 0.2) is 36.5 Å². The summed E-state index contributed by atoms with van der Waals surface area (Å²) < 4.78 is 0. The Morgan fingerprint density at radius 1 is 1.32 bits per heavy atom. The number of carbonyl (C=O) groups is 1. The summed E-state index contributed by atoms with van der Waals surface area (Å²) in [6.07, 6.45) is 15.4. The molecule has 0 radical (unpaired) electrons. The second kappa shape index (κ2) is 12.2. The lowest BCUT2D eigenvalue weighted by molar-refractivity contribution is -0.117.